The van der Waals surface area contributed by atoms with E-state index in [1.807, 2.05) is 6.92 Å². The van der Waals surface area contributed by atoms with Crippen LogP contribution in [-0.2, 0) is 4.74 Å². The third-order valence-corrected chi connectivity index (χ3v) is 3.23. The molecule has 0 spiro atoms. The normalized spacial score (nSPS) is 32.6. The first kappa shape index (κ1) is 13.8. The van der Waals surface area contributed by atoms with Crippen LogP contribution in [0.15, 0.2) is 36.0 Å². The van der Waals surface area contributed by atoms with Crippen LogP contribution in [0.25, 0.3) is 0 Å². The maximum atomic E-state index is 11.7. The lowest BCUT2D eigenvalue weighted by Crippen LogP contribution is -2.45. The predicted octanol–water partition coefficient (Wildman–Crippen LogP) is 0.990. The molecular formula is C14H19NO4. The van der Waals surface area contributed by atoms with Gasteiger partial charge in [-0.25, -0.2) is 4.79 Å². The van der Waals surface area contributed by atoms with Gasteiger partial charge in [0, 0.05) is 0 Å². The molecule has 0 aliphatic carbocycles. The Balaban J connectivity index is 2.11. The molecule has 0 saturated carbocycles. The van der Waals surface area contributed by atoms with Crippen molar-refractivity contribution in [1.29, 1.82) is 0 Å². The molecular weight excluding hydrogens is 246 g/mol. The molecule has 1 fully saturated rings. The van der Waals surface area contributed by atoms with E-state index < -0.39 is 18.3 Å². The van der Waals surface area contributed by atoms with Crippen LogP contribution in [0, 0.1) is 0 Å². The minimum atomic E-state index is -0.623. The molecule has 4 atom stereocenters. The summed E-state index contributed by atoms with van der Waals surface area (Å²) in [5.74, 6) is 0. The zero-order valence-electron chi connectivity index (χ0n) is 11.1. The molecule has 5 heteroatoms. The second kappa shape index (κ2) is 5.59. The number of ether oxygens (including phenoxy) is 1. The zero-order chi connectivity index (χ0) is 14.0. The molecule has 0 bridgehead atoms. The van der Waals surface area contributed by atoms with Crippen LogP contribution in [0.1, 0.15) is 13.8 Å². The summed E-state index contributed by atoms with van der Waals surface area (Å²) in [5, 5.41) is 18.7. The Kier molecular flexibility index (Phi) is 4.07. The molecule has 0 aromatic carbocycles. The quantitative estimate of drug-likeness (QED) is 0.590. The van der Waals surface area contributed by atoms with Crippen molar-refractivity contribution < 1.29 is 19.7 Å². The molecule has 2 rings (SSSR count). The van der Waals surface area contributed by atoms with Gasteiger partial charge in [0.25, 0.3) is 0 Å². The summed E-state index contributed by atoms with van der Waals surface area (Å²) in [5.41, 5.74) is 0.929. The highest BCUT2D eigenvalue weighted by molar-refractivity contribution is 5.72. The van der Waals surface area contributed by atoms with Crippen molar-refractivity contribution in [2.75, 3.05) is 6.54 Å². The molecule has 0 aromatic heterocycles. The van der Waals surface area contributed by atoms with Crippen molar-refractivity contribution >= 4 is 6.09 Å². The molecule has 2 N–H and O–H groups in total. The second-order valence-corrected chi connectivity index (χ2v) is 4.93. The number of cyclic esters (lactones) is 1. The van der Waals surface area contributed by atoms with Gasteiger partial charge in [-0.1, -0.05) is 24.3 Å². The Labute approximate surface area is 112 Å². The number of nitrogens with zero attached hydrogens (tertiary/aromatic N) is 1. The number of aliphatic hydroxyl groups excluding tert-OH is 2. The number of aliphatic hydroxyl groups is 2. The first-order valence-electron chi connectivity index (χ1n) is 6.35. The van der Waals surface area contributed by atoms with Gasteiger partial charge in [-0.2, -0.15) is 0 Å². The average molecular weight is 265 g/mol. The summed E-state index contributed by atoms with van der Waals surface area (Å²) in [6, 6.07) is -0.146. The van der Waals surface area contributed by atoms with Crippen LogP contribution in [0.4, 0.5) is 4.79 Å². The first-order valence-corrected chi connectivity index (χ1v) is 6.35. The maximum absolute atomic E-state index is 11.7. The molecule has 0 radical (unpaired) electrons. The van der Waals surface area contributed by atoms with Crippen molar-refractivity contribution in [2.24, 2.45) is 0 Å². The molecule has 0 unspecified atom stereocenters. The van der Waals surface area contributed by atoms with Crippen molar-refractivity contribution in [3.05, 3.63) is 36.0 Å². The molecule has 2 aliphatic rings. The van der Waals surface area contributed by atoms with Gasteiger partial charge in [-0.15, -0.1) is 0 Å². The van der Waals surface area contributed by atoms with E-state index in [0.717, 1.165) is 5.57 Å². The Morgan fingerprint density at radius 3 is 2.95 bits per heavy atom. The summed E-state index contributed by atoms with van der Waals surface area (Å²) in [4.78, 5) is 13.3. The summed E-state index contributed by atoms with van der Waals surface area (Å²) in [6.07, 6.45) is 6.79. The van der Waals surface area contributed by atoms with E-state index in [4.69, 9.17) is 9.84 Å². The fourth-order valence-electron chi connectivity index (χ4n) is 2.43. The van der Waals surface area contributed by atoms with E-state index in [-0.39, 0.29) is 18.7 Å². The summed E-state index contributed by atoms with van der Waals surface area (Å²) < 4.78 is 5.29. The highest BCUT2D eigenvalue weighted by atomic mass is 16.6. The van der Waals surface area contributed by atoms with Crippen LogP contribution in [0.2, 0.25) is 0 Å². The van der Waals surface area contributed by atoms with E-state index in [9.17, 15) is 9.90 Å². The number of fused-ring (bicyclic) bond motifs is 1. The van der Waals surface area contributed by atoms with Crippen molar-refractivity contribution in [2.45, 2.75) is 38.2 Å². The van der Waals surface area contributed by atoms with Gasteiger partial charge in [0.05, 0.1) is 24.8 Å². The number of allylic oxidation sites excluding steroid dienone is 2. The molecule has 19 heavy (non-hydrogen) atoms. The van der Waals surface area contributed by atoms with Crippen LogP contribution in [0.3, 0.4) is 0 Å². The SMILES string of the molecule is CC1=C[C@@H](O)CN2C(=O)O[C@@H](C=C/C=C/[C@@H](C)O)[C@H]12. The minimum Gasteiger partial charge on any atom is -0.439 e. The maximum Gasteiger partial charge on any atom is 0.411 e. The van der Waals surface area contributed by atoms with Gasteiger partial charge in [0.1, 0.15) is 6.10 Å². The van der Waals surface area contributed by atoms with Crippen LogP contribution in [-0.4, -0.2) is 52.1 Å². The van der Waals surface area contributed by atoms with Gasteiger partial charge in [-0.05, 0) is 25.5 Å². The van der Waals surface area contributed by atoms with Gasteiger partial charge < -0.3 is 14.9 Å². The third-order valence-electron chi connectivity index (χ3n) is 3.23. The average Bonchev–Trinajstić information content (AvgIpc) is 2.62. The van der Waals surface area contributed by atoms with Crippen molar-refractivity contribution in [3.8, 4) is 0 Å². The fourth-order valence-corrected chi connectivity index (χ4v) is 2.43. The molecule has 104 valence electrons. The second-order valence-electron chi connectivity index (χ2n) is 4.93. The molecule has 5 nitrogen and oxygen atoms in total. The van der Waals surface area contributed by atoms with Crippen LogP contribution < -0.4 is 0 Å². The van der Waals surface area contributed by atoms with Crippen LogP contribution in [0.5, 0.6) is 0 Å². The molecule has 1 saturated heterocycles. The lowest BCUT2D eigenvalue weighted by molar-refractivity contribution is 0.126. The number of amides is 1. The summed E-state index contributed by atoms with van der Waals surface area (Å²) >= 11 is 0. The Morgan fingerprint density at radius 1 is 1.53 bits per heavy atom. The number of hydrogen-bond acceptors (Lipinski definition) is 4. The smallest absolute Gasteiger partial charge is 0.411 e. The van der Waals surface area contributed by atoms with Gasteiger partial charge in [-0.3, -0.25) is 4.90 Å². The topological polar surface area (TPSA) is 70.0 Å². The standard InChI is InChI=1S/C14H19NO4/c1-9-7-11(17)8-15-13(9)12(19-14(15)18)6-4-3-5-10(2)16/h3-7,10-13,16-17H,8H2,1-2H3/b5-3+,6-4?/t10-,11-,12+,13+/m1/s1. The van der Waals surface area contributed by atoms with E-state index >= 15 is 0 Å². The molecule has 2 aliphatic heterocycles. The van der Waals surface area contributed by atoms with Gasteiger partial charge in [0.15, 0.2) is 0 Å². The van der Waals surface area contributed by atoms with E-state index in [1.54, 1.807) is 42.2 Å². The van der Waals surface area contributed by atoms with Crippen molar-refractivity contribution in [1.82, 2.24) is 4.90 Å². The Bertz CT molecular complexity index is 439. The Hall–Kier alpha value is -1.59. The molecule has 0 aromatic rings. The largest absolute Gasteiger partial charge is 0.439 e. The number of carbonyl (C=O) groups is 1. The third kappa shape index (κ3) is 3.05. The van der Waals surface area contributed by atoms with E-state index in [2.05, 4.69) is 0 Å². The van der Waals surface area contributed by atoms with Gasteiger partial charge >= 0.3 is 6.09 Å². The fraction of sp³-hybridized carbons (Fsp3) is 0.500. The van der Waals surface area contributed by atoms with Gasteiger partial charge in [0.2, 0.25) is 0 Å². The summed E-state index contributed by atoms with van der Waals surface area (Å²) in [7, 11) is 0. The first-order chi connectivity index (χ1) is 8.99. The minimum absolute atomic E-state index is 0.146. The Morgan fingerprint density at radius 2 is 2.26 bits per heavy atom. The number of carbonyl (C=O) groups excluding carboxylic acids is 1. The zero-order valence-corrected chi connectivity index (χ0v) is 11.1. The predicted molar refractivity (Wildman–Crippen MR) is 70.5 cm³/mol. The van der Waals surface area contributed by atoms with Crippen LogP contribution >= 0.6 is 0 Å². The highest BCUT2D eigenvalue weighted by Crippen LogP contribution is 2.29. The summed E-state index contributed by atoms with van der Waals surface area (Å²) in [6.45, 7) is 3.82. The van der Waals surface area contributed by atoms with E-state index in [1.165, 1.54) is 0 Å². The molecule has 1 amide bonds. The van der Waals surface area contributed by atoms with E-state index in [0.29, 0.717) is 0 Å². The van der Waals surface area contributed by atoms with Crippen molar-refractivity contribution in [3.63, 3.8) is 0 Å². The lowest BCUT2D eigenvalue weighted by atomic mass is 9.96. The highest BCUT2D eigenvalue weighted by Gasteiger charge is 2.43. The number of hydrogen-bond donors (Lipinski definition) is 2. The lowest BCUT2D eigenvalue weighted by Gasteiger charge is -2.30. The monoisotopic (exact) mass is 265 g/mol. The molecule has 2 heterocycles. The number of rotatable bonds is 3.